The Hall–Kier alpha value is -2.33. The van der Waals surface area contributed by atoms with E-state index in [4.69, 9.17) is 16.7 Å². The zero-order valence-electron chi connectivity index (χ0n) is 11.6. The summed E-state index contributed by atoms with van der Waals surface area (Å²) in [6.07, 6.45) is 0. The smallest absolute Gasteiger partial charge is 0.337 e. The molecule has 0 radical (unpaired) electrons. The number of aromatic carboxylic acids is 1. The normalized spacial score (nSPS) is 10.2. The van der Waals surface area contributed by atoms with E-state index in [1.807, 2.05) is 26.0 Å². The second-order valence-electron chi connectivity index (χ2n) is 4.77. The minimum atomic E-state index is -1.14. The lowest BCUT2D eigenvalue weighted by Crippen LogP contribution is -2.16. The van der Waals surface area contributed by atoms with Gasteiger partial charge in [0.2, 0.25) is 0 Å². The summed E-state index contributed by atoms with van der Waals surface area (Å²) in [6, 6.07) is 9.77. The number of hydrogen-bond donors (Lipinski definition) is 2. The molecule has 0 aliphatic heterocycles. The van der Waals surface area contributed by atoms with E-state index in [0.717, 1.165) is 11.1 Å². The molecule has 5 heteroatoms. The van der Waals surface area contributed by atoms with E-state index in [1.54, 1.807) is 6.07 Å². The average molecular weight is 304 g/mol. The van der Waals surface area contributed by atoms with Crippen LogP contribution < -0.4 is 5.32 Å². The van der Waals surface area contributed by atoms with Crippen LogP contribution in [0.1, 0.15) is 31.8 Å². The summed E-state index contributed by atoms with van der Waals surface area (Å²) in [5.41, 5.74) is 2.57. The molecule has 0 unspecified atom stereocenters. The Morgan fingerprint density at radius 1 is 1.05 bits per heavy atom. The lowest BCUT2D eigenvalue weighted by Gasteiger charge is -2.11. The molecule has 4 nitrogen and oxygen atoms in total. The molecule has 0 atom stereocenters. The van der Waals surface area contributed by atoms with Crippen molar-refractivity contribution in [3.8, 4) is 0 Å². The average Bonchev–Trinajstić information content (AvgIpc) is 2.40. The second kappa shape index (κ2) is 5.97. The Bertz CT molecular complexity index is 725. The first-order valence-corrected chi connectivity index (χ1v) is 6.67. The Labute approximate surface area is 127 Å². The van der Waals surface area contributed by atoms with Crippen molar-refractivity contribution in [2.75, 3.05) is 5.32 Å². The summed E-state index contributed by atoms with van der Waals surface area (Å²) in [4.78, 5) is 23.5. The molecule has 2 aromatic rings. The molecule has 0 aliphatic rings. The van der Waals surface area contributed by atoms with Crippen molar-refractivity contribution in [1.82, 2.24) is 0 Å². The Kier molecular flexibility index (Phi) is 4.29. The minimum Gasteiger partial charge on any atom is -0.478 e. The highest BCUT2D eigenvalue weighted by molar-refractivity contribution is 6.31. The van der Waals surface area contributed by atoms with Crippen LogP contribution >= 0.6 is 11.6 Å². The summed E-state index contributed by atoms with van der Waals surface area (Å²) in [5, 5.41) is 12.1. The summed E-state index contributed by atoms with van der Waals surface area (Å²) in [5.74, 6) is -1.49. The number of anilines is 1. The molecule has 0 spiro atoms. The Morgan fingerprint density at radius 2 is 1.76 bits per heavy atom. The first-order valence-electron chi connectivity index (χ1n) is 6.30. The number of carbonyl (C=O) groups excluding carboxylic acids is 1. The molecular formula is C16H14ClNO3. The van der Waals surface area contributed by atoms with Gasteiger partial charge in [0.1, 0.15) is 0 Å². The second-order valence-corrected chi connectivity index (χ2v) is 5.20. The number of hydrogen-bond acceptors (Lipinski definition) is 2. The molecule has 0 saturated heterocycles. The zero-order chi connectivity index (χ0) is 15.6. The maximum absolute atomic E-state index is 12.3. The molecule has 108 valence electrons. The largest absolute Gasteiger partial charge is 0.478 e. The van der Waals surface area contributed by atoms with Gasteiger partial charge in [0.05, 0.1) is 11.3 Å². The molecule has 0 fully saturated rings. The Balaban J connectivity index is 2.34. The predicted molar refractivity (Wildman–Crippen MR) is 82.3 cm³/mol. The van der Waals surface area contributed by atoms with Crippen molar-refractivity contribution in [2.24, 2.45) is 0 Å². The van der Waals surface area contributed by atoms with Gasteiger partial charge in [-0.2, -0.15) is 0 Å². The van der Waals surface area contributed by atoms with Crippen LogP contribution in [0.3, 0.4) is 0 Å². The molecule has 0 bridgehead atoms. The number of nitrogens with one attached hydrogen (secondary N) is 1. The third-order valence-electron chi connectivity index (χ3n) is 3.09. The van der Waals surface area contributed by atoms with Crippen molar-refractivity contribution in [2.45, 2.75) is 13.8 Å². The summed E-state index contributed by atoms with van der Waals surface area (Å²) in [6.45, 7) is 3.78. The first kappa shape index (κ1) is 15.1. The van der Waals surface area contributed by atoms with Crippen LogP contribution in [0, 0.1) is 13.8 Å². The van der Waals surface area contributed by atoms with Crippen LogP contribution in [0.4, 0.5) is 5.69 Å². The number of aryl methyl sites for hydroxylation is 2. The van der Waals surface area contributed by atoms with Gasteiger partial charge in [-0.25, -0.2) is 4.79 Å². The number of benzene rings is 2. The number of carbonyl (C=O) groups is 2. The predicted octanol–water partition coefficient (Wildman–Crippen LogP) is 3.91. The highest BCUT2D eigenvalue weighted by Gasteiger charge is 2.15. The van der Waals surface area contributed by atoms with E-state index in [-0.39, 0.29) is 17.2 Å². The molecule has 2 aromatic carbocycles. The van der Waals surface area contributed by atoms with Crippen LogP contribution in [0.5, 0.6) is 0 Å². The third kappa shape index (κ3) is 3.41. The van der Waals surface area contributed by atoms with Crippen molar-refractivity contribution < 1.29 is 14.7 Å². The summed E-state index contributed by atoms with van der Waals surface area (Å²) < 4.78 is 0. The molecule has 0 saturated carbocycles. The van der Waals surface area contributed by atoms with Crippen molar-refractivity contribution in [1.29, 1.82) is 0 Å². The maximum Gasteiger partial charge on any atom is 0.337 e. The zero-order valence-corrected chi connectivity index (χ0v) is 12.4. The van der Waals surface area contributed by atoms with Crippen LogP contribution in [-0.4, -0.2) is 17.0 Å². The van der Waals surface area contributed by atoms with Gasteiger partial charge >= 0.3 is 5.97 Å². The molecule has 2 rings (SSSR count). The van der Waals surface area contributed by atoms with Gasteiger partial charge in [-0.05, 0) is 43.7 Å². The van der Waals surface area contributed by atoms with Crippen LogP contribution in [0.15, 0.2) is 36.4 Å². The van der Waals surface area contributed by atoms with E-state index in [9.17, 15) is 9.59 Å². The summed E-state index contributed by atoms with van der Waals surface area (Å²) >= 11 is 5.78. The van der Waals surface area contributed by atoms with Gasteiger partial charge < -0.3 is 10.4 Å². The quantitative estimate of drug-likeness (QED) is 0.903. The van der Waals surface area contributed by atoms with E-state index in [2.05, 4.69) is 5.32 Å². The lowest BCUT2D eigenvalue weighted by molar-refractivity contribution is 0.0698. The minimum absolute atomic E-state index is 0.0411. The number of amides is 1. The van der Waals surface area contributed by atoms with Gasteiger partial charge in [-0.3, -0.25) is 4.79 Å². The molecule has 2 N–H and O–H groups in total. The van der Waals surface area contributed by atoms with E-state index < -0.39 is 5.97 Å². The highest BCUT2D eigenvalue weighted by atomic mass is 35.5. The lowest BCUT2D eigenvalue weighted by atomic mass is 10.0. The standard InChI is InChI=1S/C16H14ClNO3/c1-9-3-5-12(10(2)7-9)15(19)18-14-6-4-11(17)8-13(14)16(20)21/h3-8H,1-2H3,(H,18,19)(H,20,21). The summed E-state index contributed by atoms with van der Waals surface area (Å²) in [7, 11) is 0. The maximum atomic E-state index is 12.3. The number of rotatable bonds is 3. The fourth-order valence-electron chi connectivity index (χ4n) is 2.06. The topological polar surface area (TPSA) is 66.4 Å². The van der Waals surface area contributed by atoms with Gasteiger partial charge in [-0.15, -0.1) is 0 Å². The van der Waals surface area contributed by atoms with E-state index >= 15 is 0 Å². The molecule has 0 aliphatic carbocycles. The van der Waals surface area contributed by atoms with Gasteiger partial charge in [0.25, 0.3) is 5.91 Å². The molecule has 0 heterocycles. The molecular weight excluding hydrogens is 290 g/mol. The van der Waals surface area contributed by atoms with Crippen LogP contribution in [0.2, 0.25) is 5.02 Å². The molecule has 0 aromatic heterocycles. The molecule has 1 amide bonds. The van der Waals surface area contributed by atoms with Crippen molar-refractivity contribution >= 4 is 29.2 Å². The number of carboxylic acid groups (broad SMARTS) is 1. The Morgan fingerprint density at radius 3 is 2.38 bits per heavy atom. The monoisotopic (exact) mass is 303 g/mol. The van der Waals surface area contributed by atoms with Gasteiger partial charge in [0.15, 0.2) is 0 Å². The number of halogens is 1. The van der Waals surface area contributed by atoms with Gasteiger partial charge in [0, 0.05) is 10.6 Å². The van der Waals surface area contributed by atoms with Crippen molar-refractivity contribution in [3.05, 3.63) is 63.7 Å². The van der Waals surface area contributed by atoms with Crippen LogP contribution in [-0.2, 0) is 0 Å². The fraction of sp³-hybridized carbons (Fsp3) is 0.125. The molecule has 21 heavy (non-hydrogen) atoms. The van der Waals surface area contributed by atoms with E-state index in [0.29, 0.717) is 10.6 Å². The van der Waals surface area contributed by atoms with E-state index in [1.165, 1.54) is 18.2 Å². The highest BCUT2D eigenvalue weighted by Crippen LogP contribution is 2.22. The van der Waals surface area contributed by atoms with Gasteiger partial charge in [-0.1, -0.05) is 29.3 Å². The van der Waals surface area contributed by atoms with Crippen molar-refractivity contribution in [3.63, 3.8) is 0 Å². The SMILES string of the molecule is Cc1ccc(C(=O)Nc2ccc(Cl)cc2C(=O)O)c(C)c1. The van der Waals surface area contributed by atoms with Crippen LogP contribution in [0.25, 0.3) is 0 Å². The number of carboxylic acids is 1. The third-order valence-corrected chi connectivity index (χ3v) is 3.32. The fourth-order valence-corrected chi connectivity index (χ4v) is 2.23. The first-order chi connectivity index (χ1) is 9.88.